The second-order valence-electron chi connectivity index (χ2n) is 8.78. The molecule has 2 aromatic carbocycles. The molecule has 0 fully saturated rings. The van der Waals surface area contributed by atoms with E-state index in [1.807, 2.05) is 0 Å². The van der Waals surface area contributed by atoms with Gasteiger partial charge < -0.3 is 29.5 Å². The third-order valence-electron chi connectivity index (χ3n) is 5.26. The monoisotopic (exact) mass is 487 g/mol. The average Bonchev–Trinajstić information content (AvgIpc) is 2.73. The summed E-state index contributed by atoms with van der Waals surface area (Å²) >= 11 is 0. The molecule has 35 heavy (non-hydrogen) atoms. The number of carbonyl (C=O) groups is 2. The summed E-state index contributed by atoms with van der Waals surface area (Å²) in [6.45, 7) is 10.4. The topological polar surface area (TPSA) is 116 Å². The van der Waals surface area contributed by atoms with E-state index in [0.29, 0.717) is 38.5 Å². The van der Waals surface area contributed by atoms with Crippen LogP contribution in [-0.4, -0.2) is 67.3 Å². The van der Waals surface area contributed by atoms with E-state index in [1.165, 1.54) is 33.4 Å². The van der Waals surface area contributed by atoms with Gasteiger partial charge in [-0.2, -0.15) is 0 Å². The zero-order valence-electron chi connectivity index (χ0n) is 21.4. The lowest BCUT2D eigenvalue weighted by Gasteiger charge is -2.33. The third-order valence-corrected chi connectivity index (χ3v) is 5.26. The summed E-state index contributed by atoms with van der Waals surface area (Å²) in [6.07, 6.45) is 0.993. The molecule has 2 N–H and O–H groups in total. The van der Waals surface area contributed by atoms with Crippen LogP contribution in [-0.2, 0) is 19.1 Å². The molecule has 2 rings (SSSR count). The third kappa shape index (κ3) is 11.3. The lowest BCUT2D eigenvalue weighted by molar-refractivity contribution is -0.840. The highest BCUT2D eigenvalue weighted by Crippen LogP contribution is 2.34. The predicted octanol–water partition coefficient (Wildman–Crippen LogP) is 4.33. The van der Waals surface area contributed by atoms with Crippen molar-refractivity contribution in [2.75, 3.05) is 40.5 Å². The molecule has 0 atom stereocenters. The molecule has 0 aliphatic heterocycles. The Labute approximate surface area is 207 Å². The molecule has 0 aliphatic rings. The maximum Gasteiger partial charge on any atom is 0.328 e. The minimum absolute atomic E-state index is 0.122. The maximum absolute atomic E-state index is 11.6. The lowest BCUT2D eigenvalue weighted by Crippen LogP contribution is -2.35. The van der Waals surface area contributed by atoms with Crippen molar-refractivity contribution < 1.29 is 33.9 Å². The van der Waals surface area contributed by atoms with E-state index in [-0.39, 0.29) is 10.8 Å². The van der Waals surface area contributed by atoms with Crippen LogP contribution in [0.25, 0.3) is 0 Å². The largest absolute Gasteiger partial charge is 0.633 e. The van der Waals surface area contributed by atoms with E-state index in [9.17, 15) is 14.8 Å². The normalized spacial score (nSPS) is 11.4. The molecule has 2 aromatic rings. The van der Waals surface area contributed by atoms with E-state index in [0.717, 1.165) is 0 Å². The summed E-state index contributed by atoms with van der Waals surface area (Å²) in [6, 6.07) is 12.7. The summed E-state index contributed by atoms with van der Waals surface area (Å²) in [7, 11) is 3.25. The van der Waals surface area contributed by atoms with Crippen LogP contribution in [0.3, 0.4) is 0 Å². The van der Waals surface area contributed by atoms with Gasteiger partial charge in [-0.05, 0) is 61.1 Å². The zero-order chi connectivity index (χ0) is 26.6. The fraction of sp³-hybridized carbons (Fsp3) is 0.407. The van der Waals surface area contributed by atoms with Gasteiger partial charge >= 0.3 is 11.9 Å². The summed E-state index contributed by atoms with van der Waals surface area (Å²) in [5.74, 6) is -2.51. The van der Waals surface area contributed by atoms with Crippen LogP contribution >= 0.6 is 0 Å². The molecule has 0 unspecified atom stereocenters. The Morgan fingerprint density at radius 3 is 1.57 bits per heavy atom. The van der Waals surface area contributed by atoms with Crippen molar-refractivity contribution in [2.24, 2.45) is 0 Å². The number of hydrogen-bond donors (Lipinski definition) is 2. The number of likely N-dealkylation sites (N-methyl/N-ethyl adjacent to an activating group) is 1. The molecule has 0 aromatic heterocycles. The van der Waals surface area contributed by atoms with Crippen molar-refractivity contribution in [1.82, 2.24) is 0 Å². The minimum atomic E-state index is -1.26. The first-order chi connectivity index (χ1) is 16.3. The van der Waals surface area contributed by atoms with Crippen molar-refractivity contribution in [2.45, 2.75) is 33.8 Å². The van der Waals surface area contributed by atoms with Crippen LogP contribution in [0.4, 0.5) is 0 Å². The van der Waals surface area contributed by atoms with Crippen LogP contribution in [0, 0.1) is 32.9 Å². The standard InChI is InChI=1S/C23H33NO3.C4H4O4/c1-17-9-7-10-18(2)21(17)23(22-19(3)11-8-12-20(22)4)27-16-15-26-14-13-24(5,6)25;5-3(6)1-2-4(7)8/h7-12,23H,13-16H2,1-6H3;1-2H,(H,5,6)(H,7,8)/b;2-1+. The van der Waals surface area contributed by atoms with Crippen molar-refractivity contribution >= 4 is 11.9 Å². The molecule has 8 heteroatoms. The number of nitrogens with zero attached hydrogens (tertiary/aromatic N) is 1. The number of rotatable bonds is 11. The van der Waals surface area contributed by atoms with Crippen LogP contribution in [0.1, 0.15) is 39.5 Å². The quantitative estimate of drug-likeness (QED) is 0.210. The van der Waals surface area contributed by atoms with Gasteiger partial charge in [0.15, 0.2) is 0 Å². The number of benzene rings is 2. The first kappa shape index (κ1) is 30.0. The van der Waals surface area contributed by atoms with Crippen molar-refractivity contribution in [3.63, 3.8) is 0 Å². The van der Waals surface area contributed by atoms with E-state index in [2.05, 4.69) is 64.1 Å². The van der Waals surface area contributed by atoms with E-state index in [1.54, 1.807) is 14.1 Å². The number of aryl methyl sites for hydroxylation is 4. The molecule has 192 valence electrons. The molecular formula is C27H37NO7. The molecule has 0 saturated heterocycles. The van der Waals surface area contributed by atoms with Gasteiger partial charge in [-0.1, -0.05) is 36.4 Å². The molecule has 0 saturated carbocycles. The van der Waals surface area contributed by atoms with Gasteiger partial charge in [-0.15, -0.1) is 0 Å². The Morgan fingerprint density at radius 2 is 1.23 bits per heavy atom. The second kappa shape index (κ2) is 14.4. The van der Waals surface area contributed by atoms with E-state index < -0.39 is 11.9 Å². The van der Waals surface area contributed by atoms with Gasteiger partial charge in [0.2, 0.25) is 0 Å². The van der Waals surface area contributed by atoms with Gasteiger partial charge in [0, 0.05) is 12.2 Å². The molecule has 0 aliphatic carbocycles. The predicted molar refractivity (Wildman–Crippen MR) is 135 cm³/mol. The van der Waals surface area contributed by atoms with Crippen LogP contribution in [0.15, 0.2) is 48.6 Å². The summed E-state index contributed by atoms with van der Waals surface area (Å²) < 4.78 is 11.6. The second-order valence-corrected chi connectivity index (χ2v) is 8.78. The molecule has 0 radical (unpaired) electrons. The SMILES string of the molecule is Cc1cccc(C)c1C(OCCOCC[N+](C)(C)[O-])c1c(C)cccc1C.O=C(O)/C=C/C(=O)O. The first-order valence-corrected chi connectivity index (χ1v) is 11.3. The van der Waals surface area contributed by atoms with Gasteiger partial charge in [0.25, 0.3) is 0 Å². The molecule has 0 amide bonds. The van der Waals surface area contributed by atoms with Crippen LogP contribution in [0.5, 0.6) is 0 Å². The molecule has 0 heterocycles. The Balaban J connectivity index is 0.000000658. The first-order valence-electron chi connectivity index (χ1n) is 11.3. The Morgan fingerprint density at radius 1 is 0.829 bits per heavy atom. The lowest BCUT2D eigenvalue weighted by atomic mass is 9.89. The summed E-state index contributed by atoms with van der Waals surface area (Å²) in [4.78, 5) is 19.1. The minimum Gasteiger partial charge on any atom is -0.633 e. The fourth-order valence-electron chi connectivity index (χ4n) is 3.55. The number of carboxylic acid groups (broad SMARTS) is 2. The highest BCUT2D eigenvalue weighted by Gasteiger charge is 2.22. The molecule has 0 spiro atoms. The smallest absolute Gasteiger partial charge is 0.328 e. The molecule has 0 bridgehead atoms. The molecular weight excluding hydrogens is 450 g/mol. The summed E-state index contributed by atoms with van der Waals surface area (Å²) in [5.41, 5.74) is 7.38. The summed E-state index contributed by atoms with van der Waals surface area (Å²) in [5, 5.41) is 27.2. The van der Waals surface area contributed by atoms with E-state index >= 15 is 0 Å². The van der Waals surface area contributed by atoms with Crippen molar-refractivity contribution in [1.29, 1.82) is 0 Å². The van der Waals surface area contributed by atoms with Gasteiger partial charge in [-0.25, -0.2) is 9.59 Å². The van der Waals surface area contributed by atoms with Crippen LogP contribution in [0.2, 0.25) is 0 Å². The highest BCUT2D eigenvalue weighted by atomic mass is 16.6. The number of aliphatic carboxylic acids is 2. The number of hydrogen-bond acceptors (Lipinski definition) is 5. The van der Waals surface area contributed by atoms with Crippen LogP contribution < -0.4 is 0 Å². The van der Waals surface area contributed by atoms with E-state index in [4.69, 9.17) is 19.7 Å². The average molecular weight is 488 g/mol. The Bertz CT molecular complexity index is 901. The molecule has 8 nitrogen and oxygen atoms in total. The number of carboxylic acids is 2. The zero-order valence-corrected chi connectivity index (χ0v) is 21.4. The number of quaternary nitrogens is 1. The fourth-order valence-corrected chi connectivity index (χ4v) is 3.55. The van der Waals surface area contributed by atoms with Gasteiger partial charge in [0.05, 0.1) is 33.9 Å². The Kier molecular flexibility index (Phi) is 12.3. The van der Waals surface area contributed by atoms with Gasteiger partial charge in [0.1, 0.15) is 12.6 Å². The van der Waals surface area contributed by atoms with Crippen molar-refractivity contribution in [3.05, 3.63) is 87.1 Å². The number of hydroxylamine groups is 3. The maximum atomic E-state index is 11.6. The Hall–Kier alpha value is -3.04. The highest BCUT2D eigenvalue weighted by molar-refractivity contribution is 5.89. The number of ether oxygens (including phenoxy) is 2. The van der Waals surface area contributed by atoms with Gasteiger partial charge in [-0.3, -0.25) is 0 Å². The van der Waals surface area contributed by atoms with Crippen molar-refractivity contribution in [3.8, 4) is 0 Å².